The topological polar surface area (TPSA) is 81.8 Å². The van der Waals surface area contributed by atoms with Crippen LogP contribution in [-0.4, -0.2) is 57.1 Å². The summed E-state index contributed by atoms with van der Waals surface area (Å²) in [6, 6.07) is 7.02. The molecule has 1 aliphatic carbocycles. The van der Waals surface area contributed by atoms with Crippen molar-refractivity contribution in [3.8, 4) is 0 Å². The van der Waals surface area contributed by atoms with Crippen LogP contribution >= 0.6 is 0 Å². The van der Waals surface area contributed by atoms with Crippen LogP contribution in [0, 0.1) is 5.92 Å². The summed E-state index contributed by atoms with van der Waals surface area (Å²) in [6.07, 6.45) is 3.03. The molecule has 2 heterocycles. The second kappa shape index (κ2) is 6.98. The minimum atomic E-state index is -3.61. The molecule has 2 aliphatic heterocycles. The van der Waals surface area contributed by atoms with Crippen molar-refractivity contribution in [3.63, 3.8) is 0 Å². The molecule has 2 amide bonds. The highest BCUT2D eigenvalue weighted by Gasteiger charge is 2.45. The number of carbonyl (C=O) groups excluding carboxylic acids is 1. The van der Waals surface area contributed by atoms with Gasteiger partial charge in [0.1, 0.15) is 4.90 Å². The van der Waals surface area contributed by atoms with Crippen LogP contribution in [0.15, 0.2) is 29.2 Å². The number of carbonyl (C=O) groups is 1. The molecule has 0 spiro atoms. The van der Waals surface area contributed by atoms with Crippen LogP contribution in [-0.2, 0) is 10.0 Å². The van der Waals surface area contributed by atoms with Crippen LogP contribution < -0.4 is 14.9 Å². The third kappa shape index (κ3) is 3.78. The first-order valence-corrected chi connectivity index (χ1v) is 11.3. The van der Waals surface area contributed by atoms with Gasteiger partial charge in [-0.25, -0.2) is 17.9 Å². The van der Waals surface area contributed by atoms with E-state index >= 15 is 0 Å². The van der Waals surface area contributed by atoms with Crippen molar-refractivity contribution in [1.29, 1.82) is 0 Å². The van der Waals surface area contributed by atoms with Gasteiger partial charge in [0, 0.05) is 25.7 Å². The lowest BCUT2D eigenvalue weighted by Crippen LogP contribution is -2.49. The first-order chi connectivity index (χ1) is 12.8. The molecule has 0 unspecified atom stereocenters. The summed E-state index contributed by atoms with van der Waals surface area (Å²) in [5.41, 5.74) is 0.739. The maximum Gasteiger partial charge on any atom is 0.317 e. The molecule has 148 valence electrons. The van der Waals surface area contributed by atoms with Gasteiger partial charge < -0.3 is 15.1 Å². The Labute approximate surface area is 161 Å². The van der Waals surface area contributed by atoms with Gasteiger partial charge in [0.15, 0.2) is 0 Å². The standard InChI is InChI=1S/C19H28N4O3S/c1-13(2)9-10-23-16-5-3-4-6-18(16)27(25,26)21-15-11-22(12-17(15)23)19(24)20-14-7-8-14/h3-6,13-15,17,21H,7-12H2,1-2H3,(H,20,24)/t15-,17+/m1/s1. The summed E-state index contributed by atoms with van der Waals surface area (Å²) in [6.45, 7) is 6.03. The monoisotopic (exact) mass is 392 g/mol. The van der Waals surface area contributed by atoms with E-state index < -0.39 is 10.0 Å². The fraction of sp³-hybridized carbons (Fsp3) is 0.632. The number of benzene rings is 1. The van der Waals surface area contributed by atoms with Gasteiger partial charge in [-0.1, -0.05) is 26.0 Å². The Morgan fingerprint density at radius 1 is 1.26 bits per heavy atom. The van der Waals surface area contributed by atoms with Gasteiger partial charge in [0.05, 0.1) is 17.8 Å². The normalized spacial score (nSPS) is 26.5. The fourth-order valence-electron chi connectivity index (χ4n) is 3.92. The SMILES string of the molecule is CC(C)CCN1c2ccccc2S(=O)(=O)N[C@@H]2CN(C(=O)NC3CC3)C[C@@H]21. The third-order valence-corrected chi connectivity index (χ3v) is 7.14. The van der Waals surface area contributed by atoms with E-state index in [-0.39, 0.29) is 24.2 Å². The number of nitrogens with one attached hydrogen (secondary N) is 2. The molecule has 8 heteroatoms. The summed E-state index contributed by atoms with van der Waals surface area (Å²) in [5, 5.41) is 3.02. The number of fused-ring (bicyclic) bond motifs is 2. The molecule has 1 aromatic carbocycles. The summed E-state index contributed by atoms with van der Waals surface area (Å²) in [7, 11) is -3.61. The highest BCUT2D eigenvalue weighted by molar-refractivity contribution is 7.89. The summed E-state index contributed by atoms with van der Waals surface area (Å²) < 4.78 is 28.7. The van der Waals surface area contributed by atoms with Crippen molar-refractivity contribution < 1.29 is 13.2 Å². The van der Waals surface area contributed by atoms with Crippen LogP contribution in [0.25, 0.3) is 0 Å². The smallest absolute Gasteiger partial charge is 0.317 e. The van der Waals surface area contributed by atoms with E-state index in [0.717, 1.165) is 31.5 Å². The number of para-hydroxylation sites is 1. The molecular weight excluding hydrogens is 364 g/mol. The molecule has 0 radical (unpaired) electrons. The largest absolute Gasteiger partial charge is 0.364 e. The molecule has 4 rings (SSSR count). The van der Waals surface area contributed by atoms with Crippen LogP contribution in [0.2, 0.25) is 0 Å². The van der Waals surface area contributed by atoms with E-state index in [1.807, 2.05) is 12.1 Å². The Bertz CT molecular complexity index is 822. The summed E-state index contributed by atoms with van der Waals surface area (Å²) in [4.78, 5) is 16.8. The Kier molecular flexibility index (Phi) is 4.80. The molecule has 2 fully saturated rings. The minimum Gasteiger partial charge on any atom is -0.364 e. The van der Waals surface area contributed by atoms with Gasteiger partial charge in [-0.2, -0.15) is 0 Å². The van der Waals surface area contributed by atoms with Crippen LogP contribution in [0.1, 0.15) is 33.1 Å². The minimum absolute atomic E-state index is 0.0628. The van der Waals surface area contributed by atoms with Crippen LogP contribution in [0.3, 0.4) is 0 Å². The van der Waals surface area contributed by atoms with E-state index in [2.05, 4.69) is 28.8 Å². The maximum absolute atomic E-state index is 12.9. The Balaban J connectivity index is 1.65. The lowest BCUT2D eigenvalue weighted by molar-refractivity contribution is 0.207. The van der Waals surface area contributed by atoms with E-state index in [4.69, 9.17) is 0 Å². The van der Waals surface area contributed by atoms with Crippen molar-refractivity contribution in [1.82, 2.24) is 14.9 Å². The van der Waals surface area contributed by atoms with E-state index in [0.29, 0.717) is 23.9 Å². The number of anilines is 1. The van der Waals surface area contributed by atoms with Crippen molar-refractivity contribution in [2.45, 2.75) is 56.1 Å². The van der Waals surface area contributed by atoms with Gasteiger partial charge in [0.25, 0.3) is 0 Å². The number of likely N-dealkylation sites (tertiary alicyclic amines) is 1. The molecule has 1 aromatic rings. The predicted octanol–water partition coefficient (Wildman–Crippen LogP) is 1.76. The lowest BCUT2D eigenvalue weighted by atomic mass is 10.1. The van der Waals surface area contributed by atoms with Crippen molar-refractivity contribution >= 4 is 21.7 Å². The maximum atomic E-state index is 12.9. The van der Waals surface area contributed by atoms with Gasteiger partial charge >= 0.3 is 6.03 Å². The molecule has 2 N–H and O–H groups in total. The van der Waals surface area contributed by atoms with E-state index in [1.165, 1.54) is 0 Å². The zero-order valence-electron chi connectivity index (χ0n) is 15.9. The molecule has 1 saturated heterocycles. The fourth-order valence-corrected chi connectivity index (χ4v) is 5.40. The van der Waals surface area contributed by atoms with Crippen molar-refractivity contribution in [2.75, 3.05) is 24.5 Å². The second-order valence-electron chi connectivity index (χ2n) is 8.27. The van der Waals surface area contributed by atoms with Gasteiger partial charge in [-0.3, -0.25) is 0 Å². The molecule has 0 aromatic heterocycles. The predicted molar refractivity (Wildman–Crippen MR) is 104 cm³/mol. The van der Waals surface area contributed by atoms with Crippen LogP contribution in [0.4, 0.5) is 10.5 Å². The molecule has 2 atom stereocenters. The molecular formula is C19H28N4O3S. The quantitative estimate of drug-likeness (QED) is 0.818. The van der Waals surface area contributed by atoms with Gasteiger partial charge in [0.2, 0.25) is 10.0 Å². The average Bonchev–Trinajstić information content (AvgIpc) is 3.35. The van der Waals surface area contributed by atoms with Gasteiger partial charge in [-0.05, 0) is 37.3 Å². The first-order valence-electron chi connectivity index (χ1n) is 9.78. The van der Waals surface area contributed by atoms with Crippen molar-refractivity contribution in [2.24, 2.45) is 5.92 Å². The Hall–Kier alpha value is -1.80. The summed E-state index contributed by atoms with van der Waals surface area (Å²) in [5.74, 6) is 0.513. The lowest BCUT2D eigenvalue weighted by Gasteiger charge is -2.33. The average molecular weight is 393 g/mol. The third-order valence-electron chi connectivity index (χ3n) is 5.60. The number of hydrogen-bond donors (Lipinski definition) is 2. The van der Waals surface area contributed by atoms with Crippen LogP contribution in [0.5, 0.6) is 0 Å². The highest BCUT2D eigenvalue weighted by atomic mass is 32.2. The molecule has 3 aliphatic rings. The molecule has 27 heavy (non-hydrogen) atoms. The van der Waals surface area contributed by atoms with Gasteiger partial charge in [-0.15, -0.1) is 0 Å². The molecule has 7 nitrogen and oxygen atoms in total. The van der Waals surface area contributed by atoms with E-state index in [1.54, 1.807) is 17.0 Å². The zero-order chi connectivity index (χ0) is 19.2. The van der Waals surface area contributed by atoms with Crippen molar-refractivity contribution in [3.05, 3.63) is 24.3 Å². The number of hydrogen-bond acceptors (Lipinski definition) is 4. The Morgan fingerprint density at radius 3 is 2.70 bits per heavy atom. The van der Waals surface area contributed by atoms with E-state index in [9.17, 15) is 13.2 Å². The Morgan fingerprint density at radius 2 is 2.00 bits per heavy atom. The second-order valence-corrected chi connectivity index (χ2v) is 9.95. The summed E-state index contributed by atoms with van der Waals surface area (Å²) >= 11 is 0. The number of rotatable bonds is 4. The number of urea groups is 1. The molecule has 1 saturated carbocycles. The number of sulfonamides is 1. The number of amides is 2. The highest BCUT2D eigenvalue weighted by Crippen LogP contribution is 2.34. The first kappa shape index (κ1) is 18.6. The molecule has 0 bridgehead atoms. The number of nitrogens with zero attached hydrogens (tertiary/aromatic N) is 2. The zero-order valence-corrected chi connectivity index (χ0v) is 16.7.